The van der Waals surface area contributed by atoms with Gasteiger partial charge in [0.05, 0.1) is 13.2 Å². The van der Waals surface area contributed by atoms with Crippen LogP contribution in [0, 0.1) is 0 Å². The van der Waals surface area contributed by atoms with Gasteiger partial charge in [0.1, 0.15) is 4.88 Å². The summed E-state index contributed by atoms with van der Waals surface area (Å²) in [5.74, 6) is -0.849. The lowest BCUT2D eigenvalue weighted by molar-refractivity contribution is 0.0198. The van der Waals surface area contributed by atoms with Gasteiger partial charge < -0.3 is 9.84 Å². The first kappa shape index (κ1) is 17.1. The van der Waals surface area contributed by atoms with Crippen LogP contribution in [0.2, 0.25) is 0 Å². The van der Waals surface area contributed by atoms with Crippen molar-refractivity contribution in [3.8, 4) is 11.1 Å². The van der Waals surface area contributed by atoms with Crippen molar-refractivity contribution in [2.45, 2.75) is 26.3 Å². The lowest BCUT2D eigenvalue weighted by Crippen LogP contribution is -2.37. The molecule has 2 aromatic rings. The molecule has 2 heterocycles. The minimum absolute atomic E-state index is 0.366. The van der Waals surface area contributed by atoms with E-state index in [2.05, 4.69) is 43.0 Å². The predicted molar refractivity (Wildman–Crippen MR) is 96.9 cm³/mol. The van der Waals surface area contributed by atoms with E-state index in [-0.39, 0.29) is 0 Å². The van der Waals surface area contributed by atoms with Gasteiger partial charge >= 0.3 is 5.97 Å². The first-order valence-corrected chi connectivity index (χ1v) is 9.20. The molecule has 1 N–H and O–H groups in total. The van der Waals surface area contributed by atoms with Crippen molar-refractivity contribution < 1.29 is 14.6 Å². The van der Waals surface area contributed by atoms with E-state index in [4.69, 9.17) is 4.74 Å². The van der Waals surface area contributed by atoms with E-state index in [9.17, 15) is 9.90 Å². The van der Waals surface area contributed by atoms with Crippen molar-refractivity contribution in [3.63, 3.8) is 0 Å². The first-order valence-electron chi connectivity index (χ1n) is 8.38. The number of benzene rings is 1. The van der Waals surface area contributed by atoms with E-state index in [1.54, 1.807) is 6.07 Å². The molecular formula is C19H23NO3S. The zero-order valence-corrected chi connectivity index (χ0v) is 14.9. The molecule has 1 aromatic carbocycles. The molecule has 0 bridgehead atoms. The van der Waals surface area contributed by atoms with Crippen molar-refractivity contribution in [1.82, 2.24) is 4.90 Å². The minimum Gasteiger partial charge on any atom is -0.477 e. The van der Waals surface area contributed by atoms with E-state index in [1.807, 2.05) is 0 Å². The molecule has 0 amide bonds. The second kappa shape index (κ2) is 7.47. The molecule has 128 valence electrons. The molecule has 1 aliphatic heterocycles. The number of aromatic carboxylic acids is 1. The summed E-state index contributed by atoms with van der Waals surface area (Å²) in [6.07, 6.45) is 0.846. The van der Waals surface area contributed by atoms with Crippen LogP contribution in [-0.4, -0.2) is 42.3 Å². The SMILES string of the molecule is CCc1sc(C(=O)O)cc1-c1ccc([C@@H](C)N2CCOCC2)cc1. The van der Waals surface area contributed by atoms with Gasteiger partial charge in [-0.1, -0.05) is 31.2 Å². The van der Waals surface area contributed by atoms with Gasteiger partial charge in [-0.05, 0) is 36.1 Å². The summed E-state index contributed by atoms with van der Waals surface area (Å²) < 4.78 is 5.42. The van der Waals surface area contributed by atoms with Crippen LogP contribution in [-0.2, 0) is 11.2 Å². The Hall–Kier alpha value is -1.69. The molecule has 4 nitrogen and oxygen atoms in total. The molecule has 0 saturated carbocycles. The van der Waals surface area contributed by atoms with Crippen LogP contribution < -0.4 is 0 Å². The summed E-state index contributed by atoms with van der Waals surface area (Å²) in [6, 6.07) is 10.7. The second-order valence-corrected chi connectivity index (χ2v) is 7.19. The fourth-order valence-corrected chi connectivity index (χ4v) is 4.12. The maximum Gasteiger partial charge on any atom is 0.345 e. The monoisotopic (exact) mass is 345 g/mol. The lowest BCUT2D eigenvalue weighted by Gasteiger charge is -2.32. The molecule has 24 heavy (non-hydrogen) atoms. The Morgan fingerprint density at radius 3 is 2.54 bits per heavy atom. The third-order valence-corrected chi connectivity index (χ3v) is 5.91. The number of nitrogens with zero attached hydrogens (tertiary/aromatic N) is 1. The van der Waals surface area contributed by atoms with E-state index < -0.39 is 5.97 Å². The molecule has 1 atom stereocenters. The van der Waals surface area contributed by atoms with Crippen molar-refractivity contribution in [2.24, 2.45) is 0 Å². The van der Waals surface area contributed by atoms with Crippen LogP contribution in [0.25, 0.3) is 11.1 Å². The molecule has 0 spiro atoms. The minimum atomic E-state index is -0.849. The number of morpholine rings is 1. The van der Waals surface area contributed by atoms with E-state index in [1.165, 1.54) is 16.9 Å². The number of carboxylic acid groups (broad SMARTS) is 1. The third-order valence-electron chi connectivity index (χ3n) is 4.64. The maximum absolute atomic E-state index is 11.2. The molecule has 1 aliphatic rings. The molecule has 1 fully saturated rings. The van der Waals surface area contributed by atoms with Crippen molar-refractivity contribution in [2.75, 3.05) is 26.3 Å². The smallest absolute Gasteiger partial charge is 0.345 e. The zero-order chi connectivity index (χ0) is 17.1. The lowest BCUT2D eigenvalue weighted by atomic mass is 10.00. The van der Waals surface area contributed by atoms with Gasteiger partial charge in [0.25, 0.3) is 0 Å². The van der Waals surface area contributed by atoms with Gasteiger partial charge in [0.15, 0.2) is 0 Å². The molecule has 1 aromatic heterocycles. The van der Waals surface area contributed by atoms with Gasteiger partial charge in [-0.3, -0.25) is 4.90 Å². The van der Waals surface area contributed by atoms with Gasteiger partial charge in [-0.25, -0.2) is 4.79 Å². The van der Waals surface area contributed by atoms with E-state index in [0.717, 1.165) is 48.7 Å². The number of carboxylic acids is 1. The number of rotatable bonds is 5. The number of hydrogen-bond donors (Lipinski definition) is 1. The summed E-state index contributed by atoms with van der Waals surface area (Å²) in [6.45, 7) is 7.83. The number of thiophene rings is 1. The van der Waals surface area contributed by atoms with E-state index >= 15 is 0 Å². The Morgan fingerprint density at radius 1 is 1.29 bits per heavy atom. The topological polar surface area (TPSA) is 49.8 Å². The largest absolute Gasteiger partial charge is 0.477 e. The van der Waals surface area contributed by atoms with Crippen molar-refractivity contribution in [1.29, 1.82) is 0 Å². The van der Waals surface area contributed by atoms with Crippen LogP contribution in [0.3, 0.4) is 0 Å². The van der Waals surface area contributed by atoms with Crippen LogP contribution in [0.5, 0.6) is 0 Å². The Kier molecular flexibility index (Phi) is 5.33. The van der Waals surface area contributed by atoms with E-state index in [0.29, 0.717) is 10.9 Å². The van der Waals surface area contributed by atoms with Crippen LogP contribution >= 0.6 is 11.3 Å². The molecule has 0 unspecified atom stereocenters. The quantitative estimate of drug-likeness (QED) is 0.887. The van der Waals surface area contributed by atoms with Crippen LogP contribution in [0.4, 0.5) is 0 Å². The summed E-state index contributed by atoms with van der Waals surface area (Å²) >= 11 is 1.37. The molecule has 5 heteroatoms. The molecule has 0 radical (unpaired) electrons. The van der Waals surface area contributed by atoms with Gasteiger partial charge in [-0.2, -0.15) is 0 Å². The number of ether oxygens (including phenoxy) is 1. The van der Waals surface area contributed by atoms with Gasteiger partial charge in [-0.15, -0.1) is 11.3 Å². The normalized spacial score (nSPS) is 16.9. The molecular weight excluding hydrogens is 322 g/mol. The average Bonchev–Trinajstić information content (AvgIpc) is 3.07. The first-order chi connectivity index (χ1) is 11.6. The summed E-state index contributed by atoms with van der Waals surface area (Å²) in [5, 5.41) is 9.22. The van der Waals surface area contributed by atoms with Gasteiger partial charge in [0, 0.05) is 24.0 Å². The molecule has 0 aliphatic carbocycles. The van der Waals surface area contributed by atoms with Crippen molar-refractivity contribution >= 4 is 17.3 Å². The predicted octanol–water partition coefficient (Wildman–Crippen LogP) is 4.07. The number of hydrogen-bond acceptors (Lipinski definition) is 4. The third kappa shape index (κ3) is 3.53. The highest BCUT2D eigenvalue weighted by Gasteiger charge is 2.19. The maximum atomic E-state index is 11.2. The zero-order valence-electron chi connectivity index (χ0n) is 14.1. The summed E-state index contributed by atoms with van der Waals surface area (Å²) in [4.78, 5) is 15.2. The van der Waals surface area contributed by atoms with Crippen molar-refractivity contribution in [3.05, 3.63) is 45.6 Å². The highest BCUT2D eigenvalue weighted by Crippen LogP contribution is 2.33. The Morgan fingerprint density at radius 2 is 1.96 bits per heavy atom. The highest BCUT2D eigenvalue weighted by atomic mass is 32.1. The van der Waals surface area contributed by atoms with Crippen LogP contribution in [0.15, 0.2) is 30.3 Å². The standard InChI is InChI=1S/C19H23NO3S/c1-3-17-16(12-18(24-17)19(21)22)15-6-4-14(5-7-15)13(2)20-8-10-23-11-9-20/h4-7,12-13H,3,8-11H2,1-2H3,(H,21,22)/t13-/m1/s1. The number of carbonyl (C=O) groups is 1. The Balaban J connectivity index is 1.82. The van der Waals surface area contributed by atoms with Crippen LogP contribution in [0.1, 0.15) is 40.0 Å². The molecule has 1 saturated heterocycles. The second-order valence-electron chi connectivity index (χ2n) is 6.05. The fraction of sp³-hybridized carbons (Fsp3) is 0.421. The summed E-state index contributed by atoms with van der Waals surface area (Å²) in [7, 11) is 0. The fourth-order valence-electron chi connectivity index (χ4n) is 3.16. The summed E-state index contributed by atoms with van der Waals surface area (Å²) in [5.41, 5.74) is 3.42. The average molecular weight is 345 g/mol. The Bertz CT molecular complexity index is 702. The van der Waals surface area contributed by atoms with Gasteiger partial charge in [0.2, 0.25) is 0 Å². The Labute approximate surface area is 146 Å². The number of aryl methyl sites for hydroxylation is 1. The highest BCUT2D eigenvalue weighted by molar-refractivity contribution is 7.14. The molecule has 3 rings (SSSR count).